The van der Waals surface area contributed by atoms with Crippen LogP contribution < -0.4 is 5.69 Å². The van der Waals surface area contributed by atoms with Crippen molar-refractivity contribution in [3.63, 3.8) is 0 Å². The average molecular weight is 379 g/mol. The SMILES string of the molecule is O=C(CSc1n[nH]c(=O)n1CCc1ccccc1)c1ccc2c(c1)CCC2. The Morgan fingerprint density at radius 1 is 1.11 bits per heavy atom. The van der Waals surface area contributed by atoms with Crippen LogP contribution in [0.25, 0.3) is 0 Å². The van der Waals surface area contributed by atoms with Gasteiger partial charge in [0.25, 0.3) is 0 Å². The van der Waals surface area contributed by atoms with Gasteiger partial charge in [0.1, 0.15) is 0 Å². The Kier molecular flexibility index (Phi) is 5.25. The van der Waals surface area contributed by atoms with Gasteiger partial charge in [0.2, 0.25) is 0 Å². The molecule has 3 aromatic rings. The molecule has 0 radical (unpaired) electrons. The second-order valence-electron chi connectivity index (χ2n) is 6.75. The zero-order chi connectivity index (χ0) is 18.6. The van der Waals surface area contributed by atoms with Crippen LogP contribution in [-0.2, 0) is 25.8 Å². The van der Waals surface area contributed by atoms with Gasteiger partial charge in [-0.2, -0.15) is 0 Å². The molecular formula is C21H21N3O2S. The van der Waals surface area contributed by atoms with Gasteiger partial charge in [0.05, 0.1) is 5.75 Å². The Bertz CT molecular complexity index is 1010. The van der Waals surface area contributed by atoms with Gasteiger partial charge in [-0.05, 0) is 48.4 Å². The van der Waals surface area contributed by atoms with Gasteiger partial charge in [-0.3, -0.25) is 9.36 Å². The first kappa shape index (κ1) is 17.8. The van der Waals surface area contributed by atoms with E-state index in [-0.39, 0.29) is 17.2 Å². The third kappa shape index (κ3) is 4.06. The van der Waals surface area contributed by atoms with E-state index in [0.29, 0.717) is 11.7 Å². The van der Waals surface area contributed by atoms with E-state index < -0.39 is 0 Å². The van der Waals surface area contributed by atoms with E-state index >= 15 is 0 Å². The minimum absolute atomic E-state index is 0.0692. The molecule has 1 aliphatic rings. The van der Waals surface area contributed by atoms with Crippen LogP contribution in [0.5, 0.6) is 0 Å². The lowest BCUT2D eigenvalue weighted by atomic mass is 10.0. The molecule has 5 nitrogen and oxygen atoms in total. The third-order valence-electron chi connectivity index (χ3n) is 4.94. The third-order valence-corrected chi connectivity index (χ3v) is 5.92. The second kappa shape index (κ2) is 7.96. The van der Waals surface area contributed by atoms with Gasteiger partial charge < -0.3 is 0 Å². The number of nitrogens with one attached hydrogen (secondary N) is 1. The molecule has 1 aliphatic carbocycles. The number of ketones is 1. The van der Waals surface area contributed by atoms with E-state index in [1.807, 2.05) is 42.5 Å². The first-order valence-corrected chi connectivity index (χ1v) is 10.2. The predicted molar refractivity (Wildman–Crippen MR) is 107 cm³/mol. The molecule has 138 valence electrons. The van der Waals surface area contributed by atoms with Gasteiger partial charge in [-0.1, -0.05) is 54.2 Å². The number of nitrogens with zero attached hydrogens (tertiary/aromatic N) is 2. The summed E-state index contributed by atoms with van der Waals surface area (Å²) < 4.78 is 1.60. The van der Waals surface area contributed by atoms with E-state index in [4.69, 9.17) is 0 Å². The molecule has 0 atom stereocenters. The highest BCUT2D eigenvalue weighted by Crippen LogP contribution is 2.24. The van der Waals surface area contributed by atoms with Gasteiger partial charge in [0, 0.05) is 12.1 Å². The van der Waals surface area contributed by atoms with Gasteiger partial charge >= 0.3 is 5.69 Å². The molecule has 0 saturated carbocycles. The fourth-order valence-corrected chi connectivity index (χ4v) is 4.32. The number of hydrogen-bond donors (Lipinski definition) is 1. The van der Waals surface area contributed by atoms with Gasteiger partial charge in [-0.25, -0.2) is 9.89 Å². The number of aryl methyl sites for hydroxylation is 3. The van der Waals surface area contributed by atoms with E-state index in [1.165, 1.54) is 29.3 Å². The largest absolute Gasteiger partial charge is 0.343 e. The highest BCUT2D eigenvalue weighted by atomic mass is 32.2. The molecule has 0 aliphatic heterocycles. The number of thioether (sulfide) groups is 1. The van der Waals surface area contributed by atoms with Crippen LogP contribution in [-0.4, -0.2) is 26.3 Å². The summed E-state index contributed by atoms with van der Waals surface area (Å²) in [6.45, 7) is 0.536. The van der Waals surface area contributed by atoms with Crippen molar-refractivity contribution in [2.45, 2.75) is 37.4 Å². The topological polar surface area (TPSA) is 67.8 Å². The molecule has 0 amide bonds. The zero-order valence-electron chi connectivity index (χ0n) is 15.0. The van der Waals surface area contributed by atoms with Crippen molar-refractivity contribution in [1.82, 2.24) is 14.8 Å². The predicted octanol–water partition coefficient (Wildman–Crippen LogP) is 3.28. The molecule has 27 heavy (non-hydrogen) atoms. The molecule has 1 aromatic heterocycles. The molecule has 0 unspecified atom stereocenters. The van der Waals surface area contributed by atoms with E-state index in [9.17, 15) is 9.59 Å². The lowest BCUT2D eigenvalue weighted by molar-refractivity contribution is 0.102. The first-order valence-electron chi connectivity index (χ1n) is 9.17. The maximum Gasteiger partial charge on any atom is 0.343 e. The molecule has 0 spiro atoms. The van der Waals surface area contributed by atoms with Gasteiger partial charge in [0.15, 0.2) is 10.9 Å². The summed E-state index contributed by atoms with van der Waals surface area (Å²) in [5, 5.41) is 7.14. The van der Waals surface area contributed by atoms with E-state index in [0.717, 1.165) is 30.4 Å². The highest BCUT2D eigenvalue weighted by Gasteiger charge is 2.16. The maximum atomic E-state index is 12.6. The Hall–Kier alpha value is -2.60. The molecule has 6 heteroatoms. The maximum absolute atomic E-state index is 12.6. The number of fused-ring (bicyclic) bond motifs is 1. The number of rotatable bonds is 7. The number of aromatic amines is 1. The quantitative estimate of drug-likeness (QED) is 0.505. The van der Waals surface area contributed by atoms with Crippen LogP contribution >= 0.6 is 11.8 Å². The van der Waals surface area contributed by atoms with Crippen LogP contribution in [0.2, 0.25) is 0 Å². The van der Waals surface area contributed by atoms with Gasteiger partial charge in [-0.15, -0.1) is 5.10 Å². The molecule has 0 bridgehead atoms. The Morgan fingerprint density at radius 2 is 1.93 bits per heavy atom. The monoisotopic (exact) mass is 379 g/mol. The number of benzene rings is 2. The average Bonchev–Trinajstić information content (AvgIpc) is 3.31. The summed E-state index contributed by atoms with van der Waals surface area (Å²) in [7, 11) is 0. The van der Waals surface area contributed by atoms with Crippen LogP contribution in [0.4, 0.5) is 0 Å². The van der Waals surface area contributed by atoms with Crippen molar-refractivity contribution in [2.75, 3.05) is 5.75 Å². The summed E-state index contributed by atoms with van der Waals surface area (Å²) in [5.41, 5.74) is 4.33. The van der Waals surface area contributed by atoms with Crippen LogP contribution in [0, 0.1) is 0 Å². The molecule has 2 aromatic carbocycles. The van der Waals surface area contributed by atoms with Crippen LogP contribution in [0.15, 0.2) is 58.5 Å². The minimum Gasteiger partial charge on any atom is -0.293 e. The minimum atomic E-state index is -0.238. The summed E-state index contributed by atoms with van der Waals surface area (Å²) >= 11 is 1.31. The van der Waals surface area contributed by atoms with Crippen molar-refractivity contribution in [3.8, 4) is 0 Å². The second-order valence-corrected chi connectivity index (χ2v) is 7.69. The summed E-state index contributed by atoms with van der Waals surface area (Å²) in [4.78, 5) is 24.6. The molecule has 1 heterocycles. The Morgan fingerprint density at radius 3 is 2.78 bits per heavy atom. The highest BCUT2D eigenvalue weighted by molar-refractivity contribution is 7.99. The molecule has 1 N–H and O–H groups in total. The Balaban J connectivity index is 1.41. The molecule has 0 saturated heterocycles. The number of Topliss-reactive ketones (excluding diaryl/α,β-unsaturated/α-hetero) is 1. The molecular weight excluding hydrogens is 358 g/mol. The zero-order valence-corrected chi connectivity index (χ0v) is 15.8. The Labute approximate surface area is 161 Å². The molecule has 0 fully saturated rings. The number of carbonyl (C=O) groups is 1. The smallest absolute Gasteiger partial charge is 0.293 e. The fraction of sp³-hybridized carbons (Fsp3) is 0.286. The van der Waals surface area contributed by atoms with Crippen molar-refractivity contribution >= 4 is 17.5 Å². The number of hydrogen-bond acceptors (Lipinski definition) is 4. The standard InChI is InChI=1S/C21H21N3O2S/c25-19(18-10-9-16-7-4-8-17(16)13-18)14-27-21-23-22-20(26)24(21)12-11-15-5-2-1-3-6-15/h1-3,5-6,9-10,13H,4,7-8,11-12,14H2,(H,22,26). The van der Waals surface area contributed by atoms with Crippen molar-refractivity contribution in [3.05, 3.63) is 81.3 Å². The van der Waals surface area contributed by atoms with Crippen molar-refractivity contribution in [2.24, 2.45) is 0 Å². The van der Waals surface area contributed by atoms with E-state index in [1.54, 1.807) is 4.57 Å². The van der Waals surface area contributed by atoms with E-state index in [2.05, 4.69) is 16.3 Å². The summed E-state index contributed by atoms with van der Waals surface area (Å²) in [5.74, 6) is 0.341. The fourth-order valence-electron chi connectivity index (χ4n) is 3.45. The number of H-pyrrole nitrogens is 1. The normalized spacial score (nSPS) is 12.9. The number of carbonyl (C=O) groups excluding carboxylic acids is 1. The summed E-state index contributed by atoms with van der Waals surface area (Å²) in [6, 6.07) is 16.0. The van der Waals surface area contributed by atoms with Crippen molar-refractivity contribution < 1.29 is 4.79 Å². The van der Waals surface area contributed by atoms with Crippen LogP contribution in [0.1, 0.15) is 33.5 Å². The van der Waals surface area contributed by atoms with Crippen molar-refractivity contribution in [1.29, 1.82) is 0 Å². The molecule has 4 rings (SSSR count). The first-order chi connectivity index (χ1) is 13.2. The number of aromatic nitrogens is 3. The summed E-state index contributed by atoms with van der Waals surface area (Å²) in [6.07, 6.45) is 4.08. The lowest BCUT2D eigenvalue weighted by Gasteiger charge is -2.06. The lowest BCUT2D eigenvalue weighted by Crippen LogP contribution is -2.19. The van der Waals surface area contributed by atoms with Crippen LogP contribution in [0.3, 0.4) is 0 Å².